The van der Waals surface area contributed by atoms with E-state index in [9.17, 15) is 9.90 Å². The summed E-state index contributed by atoms with van der Waals surface area (Å²) in [4.78, 5) is 16.2. The van der Waals surface area contributed by atoms with Crippen LogP contribution in [-0.2, 0) is 0 Å². The molecule has 2 heterocycles. The number of hydrogen-bond donors (Lipinski definition) is 1. The SMILES string of the molecule is O=C(c1ccco1)N1CCN(C[C@H](O)c2ccccc2)CC1. The number of amides is 1. The second-order valence-corrected chi connectivity index (χ2v) is 5.50. The highest BCUT2D eigenvalue weighted by atomic mass is 16.3. The molecular formula is C17H20N2O3. The molecule has 0 unspecified atom stereocenters. The lowest BCUT2D eigenvalue weighted by Crippen LogP contribution is -2.49. The van der Waals surface area contributed by atoms with E-state index in [-0.39, 0.29) is 5.91 Å². The highest BCUT2D eigenvalue weighted by Gasteiger charge is 2.24. The number of aliphatic hydroxyl groups is 1. The fraction of sp³-hybridized carbons (Fsp3) is 0.353. The van der Waals surface area contributed by atoms with Gasteiger partial charge in [0.15, 0.2) is 5.76 Å². The number of nitrogens with zero attached hydrogens (tertiary/aromatic N) is 2. The van der Waals surface area contributed by atoms with Crippen LogP contribution in [0.25, 0.3) is 0 Å². The summed E-state index contributed by atoms with van der Waals surface area (Å²) >= 11 is 0. The van der Waals surface area contributed by atoms with Gasteiger partial charge in [-0.2, -0.15) is 0 Å². The van der Waals surface area contributed by atoms with Crippen LogP contribution in [0.4, 0.5) is 0 Å². The molecule has 1 saturated heterocycles. The Labute approximate surface area is 129 Å². The van der Waals surface area contributed by atoms with Crippen LogP contribution in [-0.4, -0.2) is 53.5 Å². The Kier molecular flexibility index (Phi) is 4.56. The van der Waals surface area contributed by atoms with E-state index in [1.54, 1.807) is 17.0 Å². The predicted octanol–water partition coefficient (Wildman–Crippen LogP) is 1.77. The van der Waals surface area contributed by atoms with Crippen molar-refractivity contribution in [1.29, 1.82) is 0 Å². The molecule has 1 fully saturated rings. The van der Waals surface area contributed by atoms with Crippen LogP contribution in [0.2, 0.25) is 0 Å². The van der Waals surface area contributed by atoms with Crippen molar-refractivity contribution in [1.82, 2.24) is 9.80 Å². The smallest absolute Gasteiger partial charge is 0.289 e. The zero-order valence-electron chi connectivity index (χ0n) is 12.4. The van der Waals surface area contributed by atoms with Crippen molar-refractivity contribution in [2.24, 2.45) is 0 Å². The van der Waals surface area contributed by atoms with E-state index in [0.29, 0.717) is 25.4 Å². The molecule has 116 valence electrons. The minimum Gasteiger partial charge on any atom is -0.459 e. The molecule has 3 rings (SSSR count). The highest BCUT2D eigenvalue weighted by molar-refractivity contribution is 5.91. The maximum Gasteiger partial charge on any atom is 0.289 e. The summed E-state index contributed by atoms with van der Waals surface area (Å²) in [5.41, 5.74) is 0.927. The van der Waals surface area contributed by atoms with Gasteiger partial charge in [-0.05, 0) is 17.7 Å². The molecule has 5 heteroatoms. The van der Waals surface area contributed by atoms with Gasteiger partial charge < -0.3 is 14.4 Å². The van der Waals surface area contributed by atoms with E-state index in [1.807, 2.05) is 30.3 Å². The van der Waals surface area contributed by atoms with Gasteiger partial charge in [0.25, 0.3) is 5.91 Å². The Balaban J connectivity index is 1.51. The molecule has 0 saturated carbocycles. The van der Waals surface area contributed by atoms with Crippen LogP contribution < -0.4 is 0 Å². The van der Waals surface area contributed by atoms with Crippen LogP contribution in [0.15, 0.2) is 53.1 Å². The molecule has 1 aliphatic rings. The largest absolute Gasteiger partial charge is 0.459 e. The molecule has 1 aromatic carbocycles. The molecular weight excluding hydrogens is 280 g/mol. The zero-order chi connectivity index (χ0) is 15.4. The molecule has 1 atom stereocenters. The summed E-state index contributed by atoms with van der Waals surface area (Å²) in [5, 5.41) is 10.3. The van der Waals surface area contributed by atoms with Gasteiger partial charge in [-0.15, -0.1) is 0 Å². The topological polar surface area (TPSA) is 56.9 Å². The van der Waals surface area contributed by atoms with Crippen molar-refractivity contribution in [2.45, 2.75) is 6.10 Å². The van der Waals surface area contributed by atoms with Crippen molar-refractivity contribution in [3.63, 3.8) is 0 Å². The summed E-state index contributed by atoms with van der Waals surface area (Å²) in [6.45, 7) is 3.42. The van der Waals surface area contributed by atoms with Gasteiger partial charge in [-0.1, -0.05) is 30.3 Å². The molecule has 1 aromatic heterocycles. The summed E-state index contributed by atoms with van der Waals surface area (Å²) < 4.78 is 5.15. The summed E-state index contributed by atoms with van der Waals surface area (Å²) in [5.74, 6) is 0.325. The first-order chi connectivity index (χ1) is 10.7. The number of aliphatic hydroxyl groups excluding tert-OH is 1. The van der Waals surface area contributed by atoms with Gasteiger partial charge >= 0.3 is 0 Å². The summed E-state index contributed by atoms with van der Waals surface area (Å²) in [6.07, 6.45) is 1.02. The van der Waals surface area contributed by atoms with Gasteiger partial charge in [-0.3, -0.25) is 9.69 Å². The second-order valence-electron chi connectivity index (χ2n) is 5.50. The first kappa shape index (κ1) is 14.8. The Bertz CT molecular complexity index is 590. The van der Waals surface area contributed by atoms with E-state index >= 15 is 0 Å². The predicted molar refractivity (Wildman–Crippen MR) is 82.5 cm³/mol. The fourth-order valence-corrected chi connectivity index (χ4v) is 2.71. The van der Waals surface area contributed by atoms with E-state index < -0.39 is 6.10 Å². The van der Waals surface area contributed by atoms with Gasteiger partial charge in [0.05, 0.1) is 12.4 Å². The average Bonchev–Trinajstić information content (AvgIpc) is 3.10. The van der Waals surface area contributed by atoms with Gasteiger partial charge in [0, 0.05) is 32.7 Å². The Hall–Kier alpha value is -2.11. The number of β-amino-alcohol motifs (C(OH)–C–C–N with tert-alkyl or cyclic N) is 1. The fourth-order valence-electron chi connectivity index (χ4n) is 2.71. The first-order valence-corrected chi connectivity index (χ1v) is 7.52. The first-order valence-electron chi connectivity index (χ1n) is 7.52. The van der Waals surface area contributed by atoms with Crippen LogP contribution in [0.3, 0.4) is 0 Å². The van der Waals surface area contributed by atoms with Crippen LogP contribution >= 0.6 is 0 Å². The maximum absolute atomic E-state index is 12.2. The monoisotopic (exact) mass is 300 g/mol. The maximum atomic E-state index is 12.2. The Morgan fingerprint density at radius 1 is 1.09 bits per heavy atom. The summed E-state index contributed by atoms with van der Waals surface area (Å²) in [6, 6.07) is 13.1. The minimum absolute atomic E-state index is 0.0618. The number of carbonyl (C=O) groups is 1. The van der Waals surface area contributed by atoms with Crippen molar-refractivity contribution in [3.8, 4) is 0 Å². The van der Waals surface area contributed by atoms with Crippen LogP contribution in [0, 0.1) is 0 Å². The average molecular weight is 300 g/mol. The zero-order valence-corrected chi connectivity index (χ0v) is 12.4. The van der Waals surface area contributed by atoms with Gasteiger partial charge in [-0.25, -0.2) is 0 Å². The molecule has 22 heavy (non-hydrogen) atoms. The molecule has 0 radical (unpaired) electrons. The minimum atomic E-state index is -0.492. The van der Waals surface area contributed by atoms with Gasteiger partial charge in [0.2, 0.25) is 0 Å². The molecule has 5 nitrogen and oxygen atoms in total. The number of rotatable bonds is 4. The molecule has 1 aliphatic heterocycles. The molecule has 1 amide bonds. The number of furan rings is 1. The quantitative estimate of drug-likeness (QED) is 0.935. The van der Waals surface area contributed by atoms with Gasteiger partial charge in [0.1, 0.15) is 0 Å². The van der Waals surface area contributed by atoms with Crippen molar-refractivity contribution < 1.29 is 14.3 Å². The number of carbonyl (C=O) groups excluding carboxylic acids is 1. The van der Waals surface area contributed by atoms with Crippen molar-refractivity contribution >= 4 is 5.91 Å². The van der Waals surface area contributed by atoms with Crippen molar-refractivity contribution in [2.75, 3.05) is 32.7 Å². The van der Waals surface area contributed by atoms with E-state index in [1.165, 1.54) is 6.26 Å². The van der Waals surface area contributed by atoms with E-state index in [4.69, 9.17) is 4.42 Å². The molecule has 0 aliphatic carbocycles. The third-order valence-electron chi connectivity index (χ3n) is 4.01. The van der Waals surface area contributed by atoms with E-state index in [2.05, 4.69) is 4.90 Å². The Morgan fingerprint density at radius 2 is 1.82 bits per heavy atom. The molecule has 0 bridgehead atoms. The third-order valence-corrected chi connectivity index (χ3v) is 4.01. The molecule has 2 aromatic rings. The van der Waals surface area contributed by atoms with Crippen LogP contribution in [0.1, 0.15) is 22.2 Å². The second kappa shape index (κ2) is 6.77. The summed E-state index contributed by atoms with van der Waals surface area (Å²) in [7, 11) is 0. The normalized spacial score (nSPS) is 17.4. The third kappa shape index (κ3) is 3.37. The highest BCUT2D eigenvalue weighted by Crippen LogP contribution is 2.16. The molecule has 0 spiro atoms. The number of benzene rings is 1. The number of hydrogen-bond acceptors (Lipinski definition) is 4. The lowest BCUT2D eigenvalue weighted by Gasteiger charge is -2.35. The lowest BCUT2D eigenvalue weighted by molar-refractivity contribution is 0.0503. The standard InChI is InChI=1S/C17H20N2O3/c20-15(14-5-2-1-3-6-14)13-18-8-10-19(11-9-18)17(21)16-7-4-12-22-16/h1-7,12,15,20H,8-11,13H2/t15-/m0/s1. The Morgan fingerprint density at radius 3 is 2.45 bits per heavy atom. The molecule has 1 N–H and O–H groups in total. The van der Waals surface area contributed by atoms with E-state index in [0.717, 1.165) is 18.7 Å². The van der Waals surface area contributed by atoms with Crippen LogP contribution in [0.5, 0.6) is 0 Å². The lowest BCUT2D eigenvalue weighted by atomic mass is 10.1. The van der Waals surface area contributed by atoms with Crippen molar-refractivity contribution in [3.05, 3.63) is 60.1 Å². The number of piperazine rings is 1.